The van der Waals surface area contributed by atoms with Crippen LogP contribution in [0.25, 0.3) is 0 Å². The normalized spacial score (nSPS) is 21.3. The zero-order chi connectivity index (χ0) is 10.5. The van der Waals surface area contributed by atoms with Gasteiger partial charge in [-0.15, -0.1) is 0 Å². The van der Waals surface area contributed by atoms with E-state index < -0.39 is 0 Å². The van der Waals surface area contributed by atoms with Crippen LogP contribution in [0, 0.1) is 5.82 Å². The first-order valence-corrected chi connectivity index (χ1v) is 5.44. The Kier molecular flexibility index (Phi) is 3.50. The zero-order valence-corrected chi connectivity index (χ0v) is 8.67. The smallest absolute Gasteiger partial charge is 0.165 e. The van der Waals surface area contributed by atoms with Crippen molar-refractivity contribution in [3.05, 3.63) is 24.1 Å². The minimum absolute atomic E-state index is 0.284. The number of pyridine rings is 1. The number of rotatable bonds is 3. The third kappa shape index (κ3) is 2.89. The van der Waals surface area contributed by atoms with Crippen molar-refractivity contribution in [2.45, 2.75) is 25.3 Å². The minimum Gasteiger partial charge on any atom is -0.366 e. The predicted molar refractivity (Wildman–Crippen MR) is 58.3 cm³/mol. The fraction of sp³-hybridized carbons (Fsp3) is 0.545. The summed E-state index contributed by atoms with van der Waals surface area (Å²) in [6.07, 6.45) is 5.25. The highest BCUT2D eigenvalue weighted by atomic mass is 19.1. The van der Waals surface area contributed by atoms with Crippen molar-refractivity contribution >= 4 is 5.82 Å². The molecule has 1 aromatic rings. The van der Waals surface area contributed by atoms with Crippen molar-refractivity contribution in [1.82, 2.24) is 10.3 Å². The molecule has 0 aliphatic carbocycles. The molecule has 1 aromatic heterocycles. The highest BCUT2D eigenvalue weighted by molar-refractivity contribution is 5.35. The van der Waals surface area contributed by atoms with E-state index in [0.717, 1.165) is 19.5 Å². The number of aromatic nitrogens is 1. The van der Waals surface area contributed by atoms with Crippen molar-refractivity contribution in [3.63, 3.8) is 0 Å². The van der Waals surface area contributed by atoms with Crippen molar-refractivity contribution in [2.24, 2.45) is 0 Å². The van der Waals surface area contributed by atoms with Gasteiger partial charge in [-0.05, 0) is 31.5 Å². The van der Waals surface area contributed by atoms with Crippen LogP contribution in [0.3, 0.4) is 0 Å². The molecule has 1 saturated heterocycles. The average molecular weight is 209 g/mol. The molecule has 82 valence electrons. The summed E-state index contributed by atoms with van der Waals surface area (Å²) < 4.78 is 13.2. The fourth-order valence-electron chi connectivity index (χ4n) is 1.83. The van der Waals surface area contributed by atoms with Crippen LogP contribution in [-0.4, -0.2) is 24.1 Å². The standard InChI is InChI=1S/C11H16FN3/c12-10-5-3-7-14-11(10)15-8-9-4-1-2-6-13-9/h3,5,7,9,13H,1-2,4,6,8H2,(H,14,15). The highest BCUT2D eigenvalue weighted by Crippen LogP contribution is 2.11. The number of piperidine rings is 1. The molecule has 1 unspecified atom stereocenters. The van der Waals surface area contributed by atoms with Crippen LogP contribution >= 0.6 is 0 Å². The Morgan fingerprint density at radius 1 is 1.53 bits per heavy atom. The second kappa shape index (κ2) is 5.07. The van der Waals surface area contributed by atoms with Crippen LogP contribution < -0.4 is 10.6 Å². The number of anilines is 1. The summed E-state index contributed by atoms with van der Waals surface area (Å²) in [6.45, 7) is 1.81. The molecule has 4 heteroatoms. The molecule has 0 radical (unpaired) electrons. The Hall–Kier alpha value is -1.16. The lowest BCUT2D eigenvalue weighted by Crippen LogP contribution is -2.39. The van der Waals surface area contributed by atoms with Gasteiger partial charge in [-0.2, -0.15) is 0 Å². The Morgan fingerprint density at radius 2 is 2.47 bits per heavy atom. The predicted octanol–water partition coefficient (Wildman–Crippen LogP) is 1.77. The van der Waals surface area contributed by atoms with Gasteiger partial charge in [-0.1, -0.05) is 6.42 Å². The van der Waals surface area contributed by atoms with Gasteiger partial charge in [0.2, 0.25) is 0 Å². The van der Waals surface area contributed by atoms with Gasteiger partial charge in [-0.25, -0.2) is 9.37 Å². The summed E-state index contributed by atoms with van der Waals surface area (Å²) in [5.74, 6) is 0.0678. The third-order valence-electron chi connectivity index (χ3n) is 2.69. The van der Waals surface area contributed by atoms with Crippen molar-refractivity contribution in [2.75, 3.05) is 18.4 Å². The van der Waals surface area contributed by atoms with E-state index in [2.05, 4.69) is 15.6 Å². The van der Waals surface area contributed by atoms with Gasteiger partial charge >= 0.3 is 0 Å². The van der Waals surface area contributed by atoms with Crippen LogP contribution in [0.2, 0.25) is 0 Å². The van der Waals surface area contributed by atoms with Gasteiger partial charge in [0, 0.05) is 18.8 Å². The second-order valence-electron chi connectivity index (χ2n) is 3.86. The van der Waals surface area contributed by atoms with Gasteiger partial charge in [0.15, 0.2) is 11.6 Å². The Morgan fingerprint density at radius 3 is 3.20 bits per heavy atom. The number of halogens is 1. The van der Waals surface area contributed by atoms with E-state index in [-0.39, 0.29) is 5.82 Å². The Balaban J connectivity index is 1.84. The van der Waals surface area contributed by atoms with Gasteiger partial charge in [0.25, 0.3) is 0 Å². The molecule has 0 spiro atoms. The third-order valence-corrected chi connectivity index (χ3v) is 2.69. The number of hydrogen-bond acceptors (Lipinski definition) is 3. The fourth-order valence-corrected chi connectivity index (χ4v) is 1.83. The average Bonchev–Trinajstić information content (AvgIpc) is 2.29. The molecule has 1 aliphatic rings. The molecule has 1 atom stereocenters. The van der Waals surface area contributed by atoms with Crippen molar-refractivity contribution < 1.29 is 4.39 Å². The lowest BCUT2D eigenvalue weighted by molar-refractivity contribution is 0.413. The van der Waals surface area contributed by atoms with Crippen LogP contribution in [-0.2, 0) is 0 Å². The number of nitrogens with zero attached hydrogens (tertiary/aromatic N) is 1. The van der Waals surface area contributed by atoms with E-state index in [9.17, 15) is 4.39 Å². The molecule has 2 heterocycles. The topological polar surface area (TPSA) is 37.0 Å². The zero-order valence-electron chi connectivity index (χ0n) is 8.67. The molecular weight excluding hydrogens is 193 g/mol. The van der Waals surface area contributed by atoms with Crippen LogP contribution in [0.4, 0.5) is 10.2 Å². The molecule has 15 heavy (non-hydrogen) atoms. The molecule has 0 aromatic carbocycles. The molecular formula is C11H16FN3. The lowest BCUT2D eigenvalue weighted by atomic mass is 10.1. The summed E-state index contributed by atoms with van der Waals surface area (Å²) >= 11 is 0. The molecule has 2 rings (SSSR count). The summed E-state index contributed by atoms with van der Waals surface area (Å²) in [6, 6.07) is 3.46. The molecule has 0 bridgehead atoms. The summed E-state index contributed by atoms with van der Waals surface area (Å²) in [4.78, 5) is 3.95. The van der Waals surface area contributed by atoms with E-state index in [1.165, 1.54) is 18.9 Å². The monoisotopic (exact) mass is 209 g/mol. The van der Waals surface area contributed by atoms with E-state index >= 15 is 0 Å². The maximum Gasteiger partial charge on any atom is 0.165 e. The molecule has 1 aliphatic heterocycles. The molecule has 3 nitrogen and oxygen atoms in total. The van der Waals surface area contributed by atoms with Gasteiger partial charge in [0.05, 0.1) is 0 Å². The largest absolute Gasteiger partial charge is 0.366 e. The first-order chi connectivity index (χ1) is 7.36. The van der Waals surface area contributed by atoms with Gasteiger partial charge in [-0.3, -0.25) is 0 Å². The Bertz CT molecular complexity index is 310. The maximum absolute atomic E-state index is 13.2. The molecule has 0 amide bonds. The summed E-state index contributed by atoms with van der Waals surface area (Å²) in [5, 5.41) is 6.43. The lowest BCUT2D eigenvalue weighted by Gasteiger charge is -2.23. The minimum atomic E-state index is -0.284. The van der Waals surface area contributed by atoms with Crippen LogP contribution in [0.1, 0.15) is 19.3 Å². The van der Waals surface area contributed by atoms with Crippen LogP contribution in [0.5, 0.6) is 0 Å². The SMILES string of the molecule is Fc1cccnc1NCC1CCCCN1. The van der Waals surface area contributed by atoms with Crippen LogP contribution in [0.15, 0.2) is 18.3 Å². The van der Waals surface area contributed by atoms with E-state index in [1.807, 2.05) is 0 Å². The van der Waals surface area contributed by atoms with Crippen molar-refractivity contribution in [1.29, 1.82) is 0 Å². The van der Waals surface area contributed by atoms with Crippen molar-refractivity contribution in [3.8, 4) is 0 Å². The first kappa shape index (κ1) is 10.4. The maximum atomic E-state index is 13.2. The van der Waals surface area contributed by atoms with Gasteiger partial charge < -0.3 is 10.6 Å². The molecule has 0 saturated carbocycles. The van der Waals surface area contributed by atoms with E-state index in [1.54, 1.807) is 12.3 Å². The molecule has 1 fully saturated rings. The summed E-state index contributed by atoms with van der Waals surface area (Å²) in [7, 11) is 0. The first-order valence-electron chi connectivity index (χ1n) is 5.44. The number of nitrogens with one attached hydrogen (secondary N) is 2. The second-order valence-corrected chi connectivity index (χ2v) is 3.86. The number of hydrogen-bond donors (Lipinski definition) is 2. The van der Waals surface area contributed by atoms with E-state index in [0.29, 0.717) is 11.9 Å². The van der Waals surface area contributed by atoms with E-state index in [4.69, 9.17) is 0 Å². The summed E-state index contributed by atoms with van der Waals surface area (Å²) in [5.41, 5.74) is 0. The molecule has 2 N–H and O–H groups in total. The quantitative estimate of drug-likeness (QED) is 0.796. The van der Waals surface area contributed by atoms with Gasteiger partial charge in [0.1, 0.15) is 0 Å². The highest BCUT2D eigenvalue weighted by Gasteiger charge is 2.12. The Labute approximate surface area is 89.1 Å².